The molecule has 0 unspecified atom stereocenters. The van der Waals surface area contributed by atoms with E-state index in [1.807, 2.05) is 24.3 Å². The number of carbonyl (C=O) groups excluding carboxylic acids is 2. The van der Waals surface area contributed by atoms with Crippen LogP contribution in [-0.2, 0) is 16.1 Å². The Morgan fingerprint density at radius 3 is 2.27 bits per heavy atom. The van der Waals surface area contributed by atoms with Crippen molar-refractivity contribution in [2.75, 3.05) is 20.2 Å². The third-order valence-electron chi connectivity index (χ3n) is 7.38. The highest BCUT2D eigenvalue weighted by molar-refractivity contribution is 5.84. The third-order valence-corrected chi connectivity index (χ3v) is 7.38. The van der Waals surface area contributed by atoms with Crippen LogP contribution < -0.4 is 10.1 Å². The second-order valence-electron chi connectivity index (χ2n) is 9.61. The van der Waals surface area contributed by atoms with E-state index >= 15 is 0 Å². The maximum Gasteiger partial charge on any atom is 0.226 e. The Bertz CT molecular complexity index is 751. The van der Waals surface area contributed by atoms with Crippen LogP contribution in [0.2, 0.25) is 0 Å². The van der Waals surface area contributed by atoms with Crippen LogP contribution in [0.5, 0.6) is 5.75 Å². The SMILES string of the molecule is C=CCN(Cc1ccc(OC)cc1)C(=O)CCNC(=O)C12CC3CC(CC(C3)C1)C2. The Balaban J connectivity index is 1.29. The number of carbonyl (C=O) groups is 2. The molecule has 162 valence electrons. The smallest absolute Gasteiger partial charge is 0.226 e. The minimum Gasteiger partial charge on any atom is -0.497 e. The summed E-state index contributed by atoms with van der Waals surface area (Å²) in [5.74, 6) is 3.27. The van der Waals surface area contributed by atoms with Gasteiger partial charge in [0.1, 0.15) is 5.75 Å². The molecule has 5 heteroatoms. The predicted molar refractivity (Wildman–Crippen MR) is 117 cm³/mol. The molecule has 1 aromatic carbocycles. The van der Waals surface area contributed by atoms with Crippen molar-refractivity contribution in [2.24, 2.45) is 23.2 Å². The lowest BCUT2D eigenvalue weighted by Crippen LogP contribution is -2.53. The molecule has 0 aromatic heterocycles. The second kappa shape index (κ2) is 8.83. The van der Waals surface area contributed by atoms with Crippen LogP contribution in [0, 0.1) is 23.2 Å². The van der Waals surface area contributed by atoms with E-state index in [-0.39, 0.29) is 17.2 Å². The van der Waals surface area contributed by atoms with Crippen LogP contribution >= 0.6 is 0 Å². The van der Waals surface area contributed by atoms with Crippen molar-refractivity contribution in [3.8, 4) is 5.75 Å². The first-order valence-electron chi connectivity index (χ1n) is 11.3. The topological polar surface area (TPSA) is 58.6 Å². The van der Waals surface area contributed by atoms with E-state index < -0.39 is 0 Å². The van der Waals surface area contributed by atoms with Gasteiger partial charge in [-0.2, -0.15) is 0 Å². The molecule has 30 heavy (non-hydrogen) atoms. The maximum absolute atomic E-state index is 13.1. The zero-order chi connectivity index (χ0) is 21.1. The highest BCUT2D eigenvalue weighted by atomic mass is 16.5. The first-order valence-corrected chi connectivity index (χ1v) is 11.3. The molecular formula is C25H34N2O3. The van der Waals surface area contributed by atoms with E-state index in [1.54, 1.807) is 18.1 Å². The Kier molecular flexibility index (Phi) is 6.16. The molecule has 4 aliphatic rings. The number of ether oxygens (including phenoxy) is 1. The zero-order valence-corrected chi connectivity index (χ0v) is 18.1. The summed E-state index contributed by atoms with van der Waals surface area (Å²) in [5, 5.41) is 3.12. The number of benzene rings is 1. The van der Waals surface area contributed by atoms with Crippen LogP contribution in [-0.4, -0.2) is 36.9 Å². The van der Waals surface area contributed by atoms with Crippen LogP contribution in [0.1, 0.15) is 50.5 Å². The predicted octanol–water partition coefficient (Wildman–Crippen LogP) is 3.93. The van der Waals surface area contributed by atoms with Crippen LogP contribution in [0.4, 0.5) is 0 Å². The minimum atomic E-state index is -0.151. The summed E-state index contributed by atoms with van der Waals surface area (Å²) in [6, 6.07) is 7.74. The Morgan fingerprint density at radius 2 is 1.73 bits per heavy atom. The third kappa shape index (κ3) is 4.40. The lowest BCUT2D eigenvalue weighted by Gasteiger charge is -2.55. The minimum absolute atomic E-state index is 0.0385. The van der Waals surface area contributed by atoms with E-state index in [4.69, 9.17) is 4.74 Å². The van der Waals surface area contributed by atoms with Gasteiger partial charge >= 0.3 is 0 Å². The summed E-state index contributed by atoms with van der Waals surface area (Å²) < 4.78 is 5.20. The van der Waals surface area contributed by atoms with Crippen molar-refractivity contribution in [3.05, 3.63) is 42.5 Å². The first-order chi connectivity index (χ1) is 14.5. The quantitative estimate of drug-likeness (QED) is 0.628. The van der Waals surface area contributed by atoms with Crippen molar-refractivity contribution in [2.45, 2.75) is 51.5 Å². The first kappa shape index (κ1) is 21.0. The monoisotopic (exact) mass is 410 g/mol. The standard InChI is InChI=1S/C25H34N2O3/c1-3-10-27(17-18-4-6-22(30-2)7-5-18)23(28)8-9-26-24(29)25-14-19-11-20(15-25)13-21(12-19)16-25/h3-7,19-21H,1,8-17H2,2H3,(H,26,29). The molecule has 5 nitrogen and oxygen atoms in total. The van der Waals surface area contributed by atoms with Gasteiger partial charge in [-0.05, 0) is 74.0 Å². The summed E-state index contributed by atoms with van der Waals surface area (Å²) in [4.78, 5) is 27.6. The van der Waals surface area contributed by atoms with Gasteiger partial charge in [-0.25, -0.2) is 0 Å². The summed E-state index contributed by atoms with van der Waals surface area (Å²) in [7, 11) is 1.64. The average Bonchev–Trinajstić information content (AvgIpc) is 2.73. The molecule has 1 aromatic rings. The number of hydrogen-bond acceptors (Lipinski definition) is 3. The number of rotatable bonds is 9. The number of hydrogen-bond donors (Lipinski definition) is 1. The molecule has 5 rings (SSSR count). The van der Waals surface area contributed by atoms with Gasteiger partial charge in [0, 0.05) is 31.5 Å². The highest BCUT2D eigenvalue weighted by Gasteiger charge is 2.54. The largest absolute Gasteiger partial charge is 0.497 e. The lowest BCUT2D eigenvalue weighted by molar-refractivity contribution is -0.146. The van der Waals surface area contributed by atoms with Crippen LogP contribution in [0.15, 0.2) is 36.9 Å². The molecule has 0 radical (unpaired) electrons. The number of nitrogens with one attached hydrogen (secondary N) is 1. The Hall–Kier alpha value is -2.30. The Morgan fingerprint density at radius 1 is 1.13 bits per heavy atom. The highest BCUT2D eigenvalue weighted by Crippen LogP contribution is 2.60. The summed E-state index contributed by atoms with van der Waals surface area (Å²) in [6.07, 6.45) is 9.21. The maximum atomic E-state index is 13.1. The van der Waals surface area contributed by atoms with Crippen LogP contribution in [0.3, 0.4) is 0 Å². The lowest BCUT2D eigenvalue weighted by atomic mass is 9.49. The van der Waals surface area contributed by atoms with E-state index in [0.29, 0.717) is 26.1 Å². The molecular weight excluding hydrogens is 376 g/mol. The molecule has 0 spiro atoms. The average molecular weight is 411 g/mol. The number of methoxy groups -OCH3 is 1. The molecule has 2 amide bonds. The van der Waals surface area contributed by atoms with Gasteiger partial charge in [-0.3, -0.25) is 9.59 Å². The molecule has 4 aliphatic carbocycles. The summed E-state index contributed by atoms with van der Waals surface area (Å²) in [5.41, 5.74) is 0.894. The van der Waals surface area contributed by atoms with E-state index in [2.05, 4.69) is 11.9 Å². The molecule has 0 aliphatic heterocycles. The summed E-state index contributed by atoms with van der Waals surface area (Å²) in [6.45, 7) is 5.21. The molecule has 4 bridgehead atoms. The fourth-order valence-electron chi connectivity index (χ4n) is 6.38. The van der Waals surface area contributed by atoms with E-state index in [9.17, 15) is 9.59 Å². The van der Waals surface area contributed by atoms with E-state index in [0.717, 1.165) is 48.3 Å². The summed E-state index contributed by atoms with van der Waals surface area (Å²) >= 11 is 0. The molecule has 1 N–H and O–H groups in total. The Labute approximate surface area is 179 Å². The van der Waals surface area contributed by atoms with Gasteiger partial charge in [0.05, 0.1) is 7.11 Å². The van der Waals surface area contributed by atoms with Crippen molar-refractivity contribution in [1.29, 1.82) is 0 Å². The normalized spacial score (nSPS) is 28.8. The van der Waals surface area contributed by atoms with Gasteiger partial charge in [-0.1, -0.05) is 18.2 Å². The molecule has 0 saturated heterocycles. The molecule has 0 heterocycles. The van der Waals surface area contributed by atoms with Crippen molar-refractivity contribution < 1.29 is 14.3 Å². The van der Waals surface area contributed by atoms with Gasteiger partial charge in [0.2, 0.25) is 11.8 Å². The van der Waals surface area contributed by atoms with Gasteiger partial charge in [0.15, 0.2) is 0 Å². The fourth-order valence-corrected chi connectivity index (χ4v) is 6.38. The second-order valence-corrected chi connectivity index (χ2v) is 9.61. The van der Waals surface area contributed by atoms with Gasteiger partial charge in [0.25, 0.3) is 0 Å². The molecule has 4 saturated carbocycles. The molecule has 4 fully saturated rings. The van der Waals surface area contributed by atoms with Crippen molar-refractivity contribution in [3.63, 3.8) is 0 Å². The van der Waals surface area contributed by atoms with Crippen molar-refractivity contribution >= 4 is 11.8 Å². The van der Waals surface area contributed by atoms with Crippen molar-refractivity contribution in [1.82, 2.24) is 10.2 Å². The van der Waals surface area contributed by atoms with Crippen LogP contribution in [0.25, 0.3) is 0 Å². The zero-order valence-electron chi connectivity index (χ0n) is 18.1. The molecule has 0 atom stereocenters. The number of nitrogens with zero attached hydrogens (tertiary/aromatic N) is 1. The van der Waals surface area contributed by atoms with Gasteiger partial charge < -0.3 is 15.0 Å². The van der Waals surface area contributed by atoms with Gasteiger partial charge in [-0.15, -0.1) is 6.58 Å². The number of amides is 2. The fraction of sp³-hybridized carbons (Fsp3) is 0.600. The van der Waals surface area contributed by atoms with E-state index in [1.165, 1.54) is 19.3 Å².